The average Bonchev–Trinajstić information content (AvgIpc) is 2.58. The highest BCUT2D eigenvalue weighted by Crippen LogP contribution is 2.01. The lowest BCUT2D eigenvalue weighted by Gasteiger charge is -2.02. The number of carbonyl (C=O) groups is 1. The number of aromatic nitrogens is 2. The van der Waals surface area contributed by atoms with Crippen molar-refractivity contribution in [3.8, 4) is 0 Å². The highest BCUT2D eigenvalue weighted by molar-refractivity contribution is 7.79. The smallest absolute Gasteiger partial charge is 0.337 e. The molecule has 0 aliphatic carbocycles. The van der Waals surface area contributed by atoms with Crippen LogP contribution in [0.4, 0.5) is 10.5 Å². The number of rotatable bonds is 3. The number of hydrogen-bond donors (Lipinski definition) is 5. The topological polar surface area (TPSA) is 160 Å². The normalized spacial score (nSPS) is 10.2. The Morgan fingerprint density at radius 2 is 2.11 bits per heavy atom. The predicted molar refractivity (Wildman–Crippen MR) is 63.5 cm³/mol. The van der Waals surface area contributed by atoms with Gasteiger partial charge in [0, 0.05) is 26.3 Å². The Kier molecular flexibility index (Phi) is 6.89. The van der Waals surface area contributed by atoms with E-state index in [0.29, 0.717) is 18.8 Å². The molecule has 0 aliphatic heterocycles. The minimum Gasteiger partial charge on any atom is -0.337 e. The van der Waals surface area contributed by atoms with E-state index in [1.165, 1.54) is 0 Å². The van der Waals surface area contributed by atoms with Crippen LogP contribution in [0.3, 0.4) is 0 Å². The third-order valence-electron chi connectivity index (χ3n) is 1.39. The zero-order chi connectivity index (χ0) is 14.2. The fraction of sp³-hybridized carbons (Fsp3) is 0.429. The van der Waals surface area contributed by atoms with Gasteiger partial charge in [0.25, 0.3) is 0 Å². The average molecular weight is 281 g/mol. The van der Waals surface area contributed by atoms with Gasteiger partial charge < -0.3 is 16.4 Å². The Balaban J connectivity index is 0.000000494. The summed E-state index contributed by atoms with van der Waals surface area (Å²) < 4.78 is 33.2. The van der Waals surface area contributed by atoms with Gasteiger partial charge in [0.1, 0.15) is 0 Å². The molecule has 0 atom stereocenters. The molecule has 0 fully saturated rings. The van der Waals surface area contributed by atoms with Gasteiger partial charge in [-0.15, -0.1) is 0 Å². The summed E-state index contributed by atoms with van der Waals surface area (Å²) >= 11 is 0. The van der Waals surface area contributed by atoms with Crippen LogP contribution in [-0.2, 0) is 17.4 Å². The molecule has 0 bridgehead atoms. The Morgan fingerprint density at radius 1 is 1.56 bits per heavy atom. The quantitative estimate of drug-likeness (QED) is 0.437. The van der Waals surface area contributed by atoms with Crippen molar-refractivity contribution in [3.05, 3.63) is 12.4 Å². The zero-order valence-electron chi connectivity index (χ0n) is 9.57. The molecule has 0 radical (unpaired) electrons. The first-order valence-corrected chi connectivity index (χ1v) is 6.05. The molecule has 11 heteroatoms. The van der Waals surface area contributed by atoms with E-state index in [9.17, 15) is 4.79 Å². The monoisotopic (exact) mass is 281 g/mol. The number of amides is 2. The SMILES string of the molecule is Cn1cc(NC(=O)NCCN)cn1.O=S(=O)(O)O. The number of nitrogens with one attached hydrogen (secondary N) is 2. The largest absolute Gasteiger partial charge is 0.394 e. The lowest BCUT2D eigenvalue weighted by molar-refractivity contribution is 0.252. The van der Waals surface area contributed by atoms with E-state index in [0.717, 1.165) is 0 Å². The molecule has 2 amide bonds. The number of anilines is 1. The third-order valence-corrected chi connectivity index (χ3v) is 1.39. The summed E-state index contributed by atoms with van der Waals surface area (Å²) in [5.41, 5.74) is 5.88. The number of nitrogens with two attached hydrogens (primary N) is 1. The second kappa shape index (κ2) is 7.60. The van der Waals surface area contributed by atoms with Crippen LogP contribution in [0.25, 0.3) is 0 Å². The van der Waals surface area contributed by atoms with Crippen molar-refractivity contribution in [3.63, 3.8) is 0 Å². The molecule has 6 N–H and O–H groups in total. The fourth-order valence-corrected chi connectivity index (χ4v) is 0.847. The Morgan fingerprint density at radius 3 is 2.50 bits per heavy atom. The molecule has 1 rings (SSSR count). The van der Waals surface area contributed by atoms with Crippen LogP contribution in [0.2, 0.25) is 0 Å². The first kappa shape index (κ1) is 16.3. The van der Waals surface area contributed by atoms with Crippen LogP contribution < -0.4 is 16.4 Å². The molecule has 0 aliphatic rings. The predicted octanol–water partition coefficient (Wildman–Crippen LogP) is -1.15. The number of nitrogens with zero attached hydrogens (tertiary/aromatic N) is 2. The minimum absolute atomic E-state index is 0.265. The highest BCUT2D eigenvalue weighted by Gasteiger charge is 2.00. The van der Waals surface area contributed by atoms with Crippen molar-refractivity contribution < 1.29 is 22.3 Å². The summed E-state index contributed by atoms with van der Waals surface area (Å²) in [4.78, 5) is 11.1. The maximum Gasteiger partial charge on any atom is 0.394 e. The molecule has 104 valence electrons. The summed E-state index contributed by atoms with van der Waals surface area (Å²) in [7, 11) is -2.89. The highest BCUT2D eigenvalue weighted by atomic mass is 32.3. The van der Waals surface area contributed by atoms with E-state index >= 15 is 0 Å². The van der Waals surface area contributed by atoms with Gasteiger partial charge in [-0.3, -0.25) is 13.8 Å². The number of carbonyl (C=O) groups excluding carboxylic acids is 1. The second-order valence-electron chi connectivity index (χ2n) is 3.02. The van der Waals surface area contributed by atoms with Crippen LogP contribution in [0.5, 0.6) is 0 Å². The maximum absolute atomic E-state index is 11.1. The van der Waals surface area contributed by atoms with Crippen molar-refractivity contribution in [2.24, 2.45) is 12.8 Å². The van der Waals surface area contributed by atoms with E-state index in [2.05, 4.69) is 15.7 Å². The first-order chi connectivity index (χ1) is 8.22. The molecule has 0 spiro atoms. The summed E-state index contributed by atoms with van der Waals surface area (Å²) in [6.07, 6.45) is 3.28. The molecule has 0 unspecified atom stereocenters. The first-order valence-electron chi connectivity index (χ1n) is 4.66. The number of urea groups is 1. The molecule has 0 saturated carbocycles. The van der Waals surface area contributed by atoms with E-state index in [1.54, 1.807) is 24.1 Å². The molecule has 0 aromatic carbocycles. The Labute approximate surface area is 104 Å². The third kappa shape index (κ3) is 10.8. The van der Waals surface area contributed by atoms with Crippen molar-refractivity contribution in [2.45, 2.75) is 0 Å². The van der Waals surface area contributed by atoms with Crippen LogP contribution in [0.15, 0.2) is 12.4 Å². The van der Waals surface area contributed by atoms with Crippen molar-refractivity contribution >= 4 is 22.1 Å². The minimum atomic E-state index is -4.67. The van der Waals surface area contributed by atoms with Crippen LogP contribution in [-0.4, -0.2) is 46.4 Å². The number of aryl methyl sites for hydroxylation is 1. The van der Waals surface area contributed by atoms with Gasteiger partial charge in [-0.2, -0.15) is 13.5 Å². The summed E-state index contributed by atoms with van der Waals surface area (Å²) in [5, 5.41) is 9.09. The van der Waals surface area contributed by atoms with E-state index in [4.69, 9.17) is 23.3 Å². The van der Waals surface area contributed by atoms with E-state index < -0.39 is 10.4 Å². The van der Waals surface area contributed by atoms with E-state index in [1.807, 2.05) is 0 Å². The van der Waals surface area contributed by atoms with Gasteiger partial charge in [0.05, 0.1) is 11.9 Å². The molecule has 1 aromatic rings. The molecule has 1 aromatic heterocycles. The van der Waals surface area contributed by atoms with Crippen molar-refractivity contribution in [1.82, 2.24) is 15.1 Å². The van der Waals surface area contributed by atoms with E-state index in [-0.39, 0.29) is 6.03 Å². The fourth-order valence-electron chi connectivity index (χ4n) is 0.847. The molecular formula is C7H15N5O5S. The van der Waals surface area contributed by atoms with Crippen LogP contribution >= 0.6 is 0 Å². The Bertz CT molecular complexity index is 462. The summed E-state index contributed by atoms with van der Waals surface area (Å²) in [6, 6.07) is -0.265. The van der Waals surface area contributed by atoms with Gasteiger partial charge in [-0.25, -0.2) is 4.79 Å². The van der Waals surface area contributed by atoms with Gasteiger partial charge in [0.2, 0.25) is 0 Å². The maximum atomic E-state index is 11.1. The van der Waals surface area contributed by atoms with Gasteiger partial charge >= 0.3 is 16.4 Å². The van der Waals surface area contributed by atoms with Gasteiger partial charge in [0.15, 0.2) is 0 Å². The summed E-state index contributed by atoms with van der Waals surface area (Å²) in [5.74, 6) is 0. The molecule has 10 nitrogen and oxygen atoms in total. The number of hydrogen-bond acceptors (Lipinski definition) is 5. The molecule has 18 heavy (non-hydrogen) atoms. The Hall–Kier alpha value is -1.69. The summed E-state index contributed by atoms with van der Waals surface area (Å²) in [6.45, 7) is 0.895. The molecule has 1 heterocycles. The van der Waals surface area contributed by atoms with Crippen LogP contribution in [0, 0.1) is 0 Å². The second-order valence-corrected chi connectivity index (χ2v) is 3.92. The van der Waals surface area contributed by atoms with Gasteiger partial charge in [-0.05, 0) is 0 Å². The van der Waals surface area contributed by atoms with Crippen LogP contribution in [0.1, 0.15) is 0 Å². The van der Waals surface area contributed by atoms with Crippen molar-refractivity contribution in [2.75, 3.05) is 18.4 Å². The van der Waals surface area contributed by atoms with Crippen molar-refractivity contribution in [1.29, 1.82) is 0 Å². The zero-order valence-corrected chi connectivity index (χ0v) is 10.4. The lowest BCUT2D eigenvalue weighted by Crippen LogP contribution is -2.32. The standard InChI is InChI=1S/C7H13N5O.H2O4S/c1-12-5-6(4-10-12)11-7(13)9-3-2-8;1-5(2,3)4/h4-5H,2-3,8H2,1H3,(H2,9,11,13);(H2,1,2,3,4). The lowest BCUT2D eigenvalue weighted by atomic mass is 10.5. The molecule has 0 saturated heterocycles. The molecular weight excluding hydrogens is 266 g/mol. The van der Waals surface area contributed by atoms with Gasteiger partial charge in [-0.1, -0.05) is 0 Å².